The number of benzene rings is 1. The number of rotatable bonds is 6. The van der Waals surface area contributed by atoms with Gasteiger partial charge in [-0.3, -0.25) is 4.79 Å². The summed E-state index contributed by atoms with van der Waals surface area (Å²) in [6, 6.07) is 7.96. The molecule has 0 N–H and O–H groups in total. The van der Waals surface area contributed by atoms with Crippen LogP contribution in [-0.2, 0) is 16.1 Å². The molecule has 0 atom stereocenters. The first-order chi connectivity index (χ1) is 11.7. The maximum absolute atomic E-state index is 12.3. The predicted octanol–water partition coefficient (Wildman–Crippen LogP) is 1.44. The number of likely N-dealkylation sites (N-methyl/N-ethyl adjacent to an activating group) is 1. The van der Waals surface area contributed by atoms with E-state index >= 15 is 0 Å². The Morgan fingerprint density at radius 3 is 2.71 bits per heavy atom. The number of fused-ring (bicyclic) bond motifs is 1. The molecule has 2 aromatic rings. The number of nitrogens with zero attached hydrogens (tertiary/aromatic N) is 3. The Balaban J connectivity index is 1.65. The molecule has 1 aromatic carbocycles. The maximum atomic E-state index is 12.3. The number of ether oxygens (including phenoxy) is 2. The number of hydrogen-bond acceptors (Lipinski definition) is 4. The molecule has 0 saturated carbocycles. The average molecular weight is 331 g/mol. The molecular weight excluding hydrogens is 306 g/mol. The Labute approximate surface area is 142 Å². The third-order valence-corrected chi connectivity index (χ3v) is 4.52. The van der Waals surface area contributed by atoms with E-state index in [0.717, 1.165) is 49.4 Å². The standard InChI is InChI=1S/C18H25N3O3/c1-19-8-10-21(11-9-19)18(22)14-24-17-5-3-4-16-15(17)6-7-20(16)12-13-23-2/h3-7H,8-14H2,1-2H3. The van der Waals surface area contributed by atoms with Crippen molar-refractivity contribution in [3.8, 4) is 5.75 Å². The second-order valence-corrected chi connectivity index (χ2v) is 6.16. The van der Waals surface area contributed by atoms with E-state index < -0.39 is 0 Å². The van der Waals surface area contributed by atoms with Crippen LogP contribution in [0.25, 0.3) is 10.9 Å². The molecule has 3 rings (SSSR count). The molecule has 2 heterocycles. The SMILES string of the molecule is COCCn1ccc2c(OCC(=O)N3CCN(C)CC3)cccc21. The lowest BCUT2D eigenvalue weighted by Crippen LogP contribution is -2.48. The summed E-state index contributed by atoms with van der Waals surface area (Å²) < 4.78 is 13.1. The van der Waals surface area contributed by atoms with Crippen molar-refractivity contribution in [1.29, 1.82) is 0 Å². The van der Waals surface area contributed by atoms with Crippen LogP contribution in [0.5, 0.6) is 5.75 Å². The Morgan fingerprint density at radius 2 is 1.96 bits per heavy atom. The van der Waals surface area contributed by atoms with E-state index in [4.69, 9.17) is 9.47 Å². The van der Waals surface area contributed by atoms with Crippen LogP contribution in [0, 0.1) is 0 Å². The summed E-state index contributed by atoms with van der Waals surface area (Å²) in [5.74, 6) is 0.810. The minimum Gasteiger partial charge on any atom is -0.483 e. The second kappa shape index (κ2) is 7.68. The minimum absolute atomic E-state index is 0.0546. The third kappa shape index (κ3) is 3.71. The van der Waals surface area contributed by atoms with Gasteiger partial charge in [0.2, 0.25) is 0 Å². The van der Waals surface area contributed by atoms with Gasteiger partial charge < -0.3 is 23.8 Å². The molecule has 1 aliphatic heterocycles. The van der Waals surface area contributed by atoms with E-state index in [1.54, 1.807) is 7.11 Å². The molecule has 0 unspecified atom stereocenters. The van der Waals surface area contributed by atoms with Gasteiger partial charge >= 0.3 is 0 Å². The molecule has 24 heavy (non-hydrogen) atoms. The molecule has 0 bridgehead atoms. The second-order valence-electron chi connectivity index (χ2n) is 6.16. The molecule has 6 nitrogen and oxygen atoms in total. The zero-order valence-electron chi connectivity index (χ0n) is 14.4. The quantitative estimate of drug-likeness (QED) is 0.804. The van der Waals surface area contributed by atoms with Crippen LogP contribution in [0.1, 0.15) is 0 Å². The molecule has 0 spiro atoms. The van der Waals surface area contributed by atoms with Gasteiger partial charge in [0.1, 0.15) is 5.75 Å². The highest BCUT2D eigenvalue weighted by molar-refractivity contribution is 5.87. The number of carbonyl (C=O) groups is 1. The fourth-order valence-electron chi connectivity index (χ4n) is 2.99. The number of piperazine rings is 1. The van der Waals surface area contributed by atoms with Crippen molar-refractivity contribution < 1.29 is 14.3 Å². The lowest BCUT2D eigenvalue weighted by atomic mass is 10.2. The number of methoxy groups -OCH3 is 1. The molecule has 1 aromatic heterocycles. The summed E-state index contributed by atoms with van der Waals surface area (Å²) >= 11 is 0. The van der Waals surface area contributed by atoms with Gasteiger partial charge in [-0.15, -0.1) is 0 Å². The van der Waals surface area contributed by atoms with Gasteiger partial charge in [-0.05, 0) is 25.2 Å². The van der Waals surface area contributed by atoms with E-state index in [0.29, 0.717) is 6.61 Å². The first-order valence-corrected chi connectivity index (χ1v) is 8.35. The number of aromatic nitrogens is 1. The van der Waals surface area contributed by atoms with Gasteiger partial charge in [-0.25, -0.2) is 0 Å². The van der Waals surface area contributed by atoms with Gasteiger partial charge in [-0.2, -0.15) is 0 Å². The summed E-state index contributed by atoms with van der Waals surface area (Å²) in [4.78, 5) is 16.4. The van der Waals surface area contributed by atoms with E-state index in [9.17, 15) is 4.79 Å². The Bertz CT molecular complexity index is 690. The normalized spacial score (nSPS) is 15.8. The summed E-state index contributed by atoms with van der Waals surface area (Å²) in [5, 5.41) is 1.03. The zero-order chi connectivity index (χ0) is 16.9. The number of carbonyl (C=O) groups excluding carboxylic acids is 1. The summed E-state index contributed by atoms with van der Waals surface area (Å²) in [6.45, 7) is 4.94. The van der Waals surface area contributed by atoms with Gasteiger partial charge in [0.15, 0.2) is 6.61 Å². The van der Waals surface area contributed by atoms with Crippen LogP contribution in [0.4, 0.5) is 0 Å². The molecule has 0 radical (unpaired) electrons. The van der Waals surface area contributed by atoms with Gasteiger partial charge in [0.05, 0.1) is 12.1 Å². The van der Waals surface area contributed by atoms with E-state index in [1.807, 2.05) is 29.3 Å². The van der Waals surface area contributed by atoms with E-state index in [2.05, 4.69) is 22.6 Å². The highest BCUT2D eigenvalue weighted by Crippen LogP contribution is 2.26. The van der Waals surface area contributed by atoms with Crippen LogP contribution in [-0.4, -0.2) is 73.8 Å². The van der Waals surface area contributed by atoms with E-state index in [-0.39, 0.29) is 12.5 Å². The first kappa shape index (κ1) is 16.8. The summed E-state index contributed by atoms with van der Waals surface area (Å²) in [7, 11) is 3.78. The van der Waals surface area contributed by atoms with Crippen LogP contribution >= 0.6 is 0 Å². The van der Waals surface area contributed by atoms with Crippen molar-refractivity contribution in [2.45, 2.75) is 6.54 Å². The summed E-state index contributed by atoms with van der Waals surface area (Å²) in [6.07, 6.45) is 2.03. The smallest absolute Gasteiger partial charge is 0.260 e. The topological polar surface area (TPSA) is 46.9 Å². The minimum atomic E-state index is 0.0546. The van der Waals surface area contributed by atoms with E-state index in [1.165, 1.54) is 0 Å². The maximum Gasteiger partial charge on any atom is 0.260 e. The van der Waals surface area contributed by atoms with Gasteiger partial charge in [0.25, 0.3) is 5.91 Å². The lowest BCUT2D eigenvalue weighted by molar-refractivity contribution is -0.134. The fraction of sp³-hybridized carbons (Fsp3) is 0.500. The van der Waals surface area contributed by atoms with Crippen LogP contribution in [0.2, 0.25) is 0 Å². The number of hydrogen-bond donors (Lipinski definition) is 0. The van der Waals surface area contributed by atoms with Crippen molar-refractivity contribution in [3.63, 3.8) is 0 Å². The molecule has 130 valence electrons. The van der Waals surface area contributed by atoms with Crippen LogP contribution < -0.4 is 4.74 Å². The van der Waals surface area contributed by atoms with Crippen molar-refractivity contribution in [2.75, 3.05) is 53.6 Å². The molecule has 1 amide bonds. The Kier molecular flexibility index (Phi) is 5.37. The van der Waals surface area contributed by atoms with Crippen molar-refractivity contribution in [3.05, 3.63) is 30.5 Å². The van der Waals surface area contributed by atoms with Gasteiger partial charge in [-0.1, -0.05) is 6.07 Å². The van der Waals surface area contributed by atoms with Crippen molar-refractivity contribution >= 4 is 16.8 Å². The number of amides is 1. The predicted molar refractivity (Wildman–Crippen MR) is 93.4 cm³/mol. The van der Waals surface area contributed by atoms with Crippen LogP contribution in [0.3, 0.4) is 0 Å². The van der Waals surface area contributed by atoms with Gasteiger partial charge in [0, 0.05) is 51.4 Å². The molecular formula is C18H25N3O3. The van der Waals surface area contributed by atoms with Crippen molar-refractivity contribution in [1.82, 2.24) is 14.4 Å². The monoisotopic (exact) mass is 331 g/mol. The Hall–Kier alpha value is -2.05. The molecule has 0 aliphatic carbocycles. The first-order valence-electron chi connectivity index (χ1n) is 8.35. The summed E-state index contributed by atoms with van der Waals surface area (Å²) in [5.41, 5.74) is 1.09. The fourth-order valence-corrected chi connectivity index (χ4v) is 2.99. The average Bonchev–Trinajstić information content (AvgIpc) is 3.02. The molecule has 1 aliphatic rings. The Morgan fingerprint density at radius 1 is 1.17 bits per heavy atom. The molecule has 6 heteroatoms. The molecule has 1 saturated heterocycles. The highest BCUT2D eigenvalue weighted by Gasteiger charge is 2.19. The van der Waals surface area contributed by atoms with Crippen LogP contribution in [0.15, 0.2) is 30.5 Å². The highest BCUT2D eigenvalue weighted by atomic mass is 16.5. The molecule has 1 fully saturated rings. The largest absolute Gasteiger partial charge is 0.483 e. The third-order valence-electron chi connectivity index (χ3n) is 4.52. The lowest BCUT2D eigenvalue weighted by Gasteiger charge is -2.32. The zero-order valence-corrected chi connectivity index (χ0v) is 14.4. The van der Waals surface area contributed by atoms with Crippen molar-refractivity contribution in [2.24, 2.45) is 0 Å².